The molecule has 1 amide bonds. The molecule has 2 heterocycles. The van der Waals surface area contributed by atoms with Crippen LogP contribution in [0.2, 0.25) is 0 Å². The second-order valence-electron chi connectivity index (χ2n) is 7.66. The lowest BCUT2D eigenvalue weighted by Gasteiger charge is -2.39. The Hall–Kier alpha value is -2.47. The van der Waals surface area contributed by atoms with E-state index >= 15 is 4.39 Å². The Morgan fingerprint density at radius 3 is 2.82 bits per heavy atom. The minimum Gasteiger partial charge on any atom is -0.404 e. The maximum Gasteiger partial charge on any atom is 0.254 e. The summed E-state index contributed by atoms with van der Waals surface area (Å²) in [6.07, 6.45) is 4.89. The molecule has 28 heavy (non-hydrogen) atoms. The van der Waals surface area contributed by atoms with E-state index in [4.69, 9.17) is 11.1 Å². The van der Waals surface area contributed by atoms with Crippen molar-refractivity contribution in [3.05, 3.63) is 64.0 Å². The maximum absolute atomic E-state index is 16.1. The van der Waals surface area contributed by atoms with Crippen LogP contribution in [0.5, 0.6) is 0 Å². The first kappa shape index (κ1) is 18.9. The molecule has 1 aromatic heterocycles. The van der Waals surface area contributed by atoms with Crippen LogP contribution in [0.3, 0.4) is 0 Å². The number of nitrogens with two attached hydrogens (primary N) is 1. The third kappa shape index (κ3) is 3.15. The van der Waals surface area contributed by atoms with Crippen molar-refractivity contribution in [1.82, 2.24) is 4.90 Å². The number of alkyl halides is 1. The number of halogens is 1. The SMILES string of the molecule is N=C/C(=C\N)c1cc(C(=O)N2CC3CCCC(F)(c4ccccc4)C3C2)cs1. The Kier molecular flexibility index (Phi) is 5.06. The predicted octanol–water partition coefficient (Wildman–Crippen LogP) is 4.43. The van der Waals surface area contributed by atoms with Crippen LogP contribution in [0.4, 0.5) is 4.39 Å². The van der Waals surface area contributed by atoms with Gasteiger partial charge in [0.15, 0.2) is 0 Å². The Morgan fingerprint density at radius 1 is 1.32 bits per heavy atom. The van der Waals surface area contributed by atoms with E-state index in [1.165, 1.54) is 23.8 Å². The minimum absolute atomic E-state index is 0.0614. The standard InChI is InChI=1S/C22H24FN3OS/c23-22(18-6-2-1-3-7-18)8-4-5-15-12-26(13-19(15)22)21(27)16-9-20(28-14-16)17(10-24)11-25/h1-3,6-7,9-11,14-15,19,24H,4-5,8,12-13,25H2/b17-11+,24-10?. The minimum atomic E-state index is -1.37. The van der Waals surface area contributed by atoms with Crippen LogP contribution in [0, 0.1) is 17.2 Å². The molecule has 3 atom stereocenters. The van der Waals surface area contributed by atoms with Gasteiger partial charge in [-0.3, -0.25) is 4.79 Å². The second-order valence-corrected chi connectivity index (χ2v) is 8.57. The van der Waals surface area contributed by atoms with Gasteiger partial charge in [0.1, 0.15) is 5.67 Å². The fraction of sp³-hybridized carbons (Fsp3) is 0.364. The lowest BCUT2D eigenvalue weighted by molar-refractivity contribution is 0.0181. The fourth-order valence-electron chi connectivity index (χ4n) is 4.71. The third-order valence-corrected chi connectivity index (χ3v) is 7.13. The molecular weight excluding hydrogens is 373 g/mol. The van der Waals surface area contributed by atoms with Crippen molar-refractivity contribution in [2.24, 2.45) is 17.6 Å². The van der Waals surface area contributed by atoms with E-state index in [9.17, 15) is 4.79 Å². The molecule has 2 fully saturated rings. The van der Waals surface area contributed by atoms with E-state index in [2.05, 4.69) is 0 Å². The number of carbonyl (C=O) groups is 1. The molecule has 1 aliphatic carbocycles. The molecule has 1 saturated heterocycles. The normalized spacial score (nSPS) is 27.5. The second kappa shape index (κ2) is 7.51. The van der Waals surface area contributed by atoms with Crippen molar-refractivity contribution in [3.8, 4) is 0 Å². The smallest absolute Gasteiger partial charge is 0.254 e. The topological polar surface area (TPSA) is 70.2 Å². The number of benzene rings is 1. The number of nitrogens with zero attached hydrogens (tertiary/aromatic N) is 1. The highest BCUT2D eigenvalue weighted by Gasteiger charge is 2.52. The number of fused-ring (bicyclic) bond motifs is 1. The highest BCUT2D eigenvalue weighted by Crippen LogP contribution is 2.51. The Balaban J connectivity index is 1.56. The van der Waals surface area contributed by atoms with Crippen molar-refractivity contribution in [2.75, 3.05) is 13.1 Å². The van der Waals surface area contributed by atoms with E-state index in [1.54, 1.807) is 16.3 Å². The summed E-state index contributed by atoms with van der Waals surface area (Å²) in [5.41, 5.74) is 6.09. The number of amides is 1. The van der Waals surface area contributed by atoms with E-state index < -0.39 is 5.67 Å². The average molecular weight is 398 g/mol. The monoisotopic (exact) mass is 397 g/mol. The van der Waals surface area contributed by atoms with Crippen molar-refractivity contribution in [2.45, 2.75) is 24.9 Å². The number of rotatable bonds is 4. The zero-order chi connectivity index (χ0) is 19.7. The summed E-state index contributed by atoms with van der Waals surface area (Å²) in [4.78, 5) is 15.7. The van der Waals surface area contributed by atoms with Crippen molar-refractivity contribution in [1.29, 1.82) is 5.41 Å². The van der Waals surface area contributed by atoms with Gasteiger partial charge < -0.3 is 16.0 Å². The first-order chi connectivity index (χ1) is 13.6. The maximum atomic E-state index is 16.1. The fourth-order valence-corrected chi connectivity index (χ4v) is 5.59. The Labute approximate surface area is 168 Å². The summed E-state index contributed by atoms with van der Waals surface area (Å²) in [5.74, 6) is -0.0254. The molecule has 2 aromatic rings. The summed E-state index contributed by atoms with van der Waals surface area (Å²) in [7, 11) is 0. The van der Waals surface area contributed by atoms with Crippen LogP contribution >= 0.6 is 11.3 Å². The highest BCUT2D eigenvalue weighted by molar-refractivity contribution is 7.11. The third-order valence-electron chi connectivity index (χ3n) is 6.15. The molecule has 4 nitrogen and oxygen atoms in total. The molecule has 2 aliphatic rings. The zero-order valence-electron chi connectivity index (χ0n) is 15.6. The summed E-state index contributed by atoms with van der Waals surface area (Å²) < 4.78 is 16.1. The first-order valence-corrected chi connectivity index (χ1v) is 10.5. The summed E-state index contributed by atoms with van der Waals surface area (Å²) in [5, 5.41) is 9.21. The molecule has 0 radical (unpaired) electrons. The van der Waals surface area contributed by atoms with E-state index in [0.717, 1.165) is 23.3 Å². The molecule has 3 unspecified atom stereocenters. The van der Waals surface area contributed by atoms with Gasteiger partial charge in [0.05, 0.1) is 5.56 Å². The van der Waals surface area contributed by atoms with Gasteiger partial charge >= 0.3 is 0 Å². The Bertz CT molecular complexity index is 910. The van der Waals surface area contributed by atoms with Crippen LogP contribution in [0.15, 0.2) is 48.0 Å². The van der Waals surface area contributed by atoms with Gasteiger partial charge in [-0.2, -0.15) is 0 Å². The molecule has 4 rings (SSSR count). The molecule has 1 aromatic carbocycles. The molecule has 1 saturated carbocycles. The van der Waals surface area contributed by atoms with Gasteiger partial charge in [0.25, 0.3) is 5.91 Å². The van der Waals surface area contributed by atoms with Crippen LogP contribution in [0.25, 0.3) is 5.57 Å². The van der Waals surface area contributed by atoms with Crippen LogP contribution in [0.1, 0.15) is 40.1 Å². The highest BCUT2D eigenvalue weighted by atomic mass is 32.1. The quantitative estimate of drug-likeness (QED) is 0.749. The van der Waals surface area contributed by atoms with Crippen LogP contribution < -0.4 is 5.73 Å². The first-order valence-electron chi connectivity index (χ1n) is 9.62. The van der Waals surface area contributed by atoms with Crippen molar-refractivity contribution < 1.29 is 9.18 Å². The molecule has 6 heteroatoms. The molecule has 146 valence electrons. The van der Waals surface area contributed by atoms with Crippen LogP contribution in [-0.2, 0) is 5.67 Å². The van der Waals surface area contributed by atoms with Gasteiger partial charge in [0, 0.05) is 47.3 Å². The number of likely N-dealkylation sites (tertiary alicyclic amines) is 1. The molecule has 0 bridgehead atoms. The average Bonchev–Trinajstić information content (AvgIpc) is 3.38. The van der Waals surface area contributed by atoms with Gasteiger partial charge in [-0.25, -0.2) is 4.39 Å². The predicted molar refractivity (Wildman–Crippen MR) is 111 cm³/mol. The summed E-state index contributed by atoms with van der Waals surface area (Å²) in [6, 6.07) is 11.2. The number of allylic oxidation sites excluding steroid dienone is 1. The number of hydrogen-bond donors (Lipinski definition) is 2. The van der Waals surface area contributed by atoms with Gasteiger partial charge in [-0.15, -0.1) is 11.3 Å². The largest absolute Gasteiger partial charge is 0.404 e. The number of hydrogen-bond acceptors (Lipinski definition) is 4. The molecule has 0 spiro atoms. The number of nitrogens with one attached hydrogen (secondary N) is 1. The summed E-state index contributed by atoms with van der Waals surface area (Å²) >= 11 is 1.39. The Morgan fingerprint density at radius 2 is 2.11 bits per heavy atom. The van der Waals surface area contributed by atoms with Gasteiger partial charge in [-0.05, 0) is 36.8 Å². The van der Waals surface area contributed by atoms with Gasteiger partial charge in [-0.1, -0.05) is 30.3 Å². The molecule has 1 aliphatic heterocycles. The number of carbonyl (C=O) groups excluding carboxylic acids is 1. The van der Waals surface area contributed by atoms with Crippen molar-refractivity contribution >= 4 is 29.0 Å². The summed E-state index contributed by atoms with van der Waals surface area (Å²) in [6.45, 7) is 1.06. The molecular formula is C22H24FN3OS. The van der Waals surface area contributed by atoms with E-state index in [-0.39, 0.29) is 17.7 Å². The van der Waals surface area contributed by atoms with Crippen LogP contribution in [-0.4, -0.2) is 30.1 Å². The lowest BCUT2D eigenvalue weighted by atomic mass is 9.69. The van der Waals surface area contributed by atoms with E-state index in [0.29, 0.717) is 30.6 Å². The number of thiophene rings is 1. The molecule has 3 N–H and O–H groups in total. The van der Waals surface area contributed by atoms with Crippen molar-refractivity contribution in [3.63, 3.8) is 0 Å². The zero-order valence-corrected chi connectivity index (χ0v) is 16.4. The van der Waals surface area contributed by atoms with Gasteiger partial charge in [0.2, 0.25) is 0 Å². The van der Waals surface area contributed by atoms with E-state index in [1.807, 2.05) is 30.3 Å². The lowest BCUT2D eigenvalue weighted by Crippen LogP contribution is -2.39.